The molecule has 27 heavy (non-hydrogen) atoms. The Hall–Kier alpha value is -1.42. The van der Waals surface area contributed by atoms with Gasteiger partial charge in [0.2, 0.25) is 5.91 Å². The molecule has 7 nitrogen and oxygen atoms in total. The fraction of sp³-hybridized carbons (Fsp3) is 0.632. The third kappa shape index (κ3) is 8.42. The molecule has 0 radical (unpaired) electrons. The van der Waals surface area contributed by atoms with Crippen LogP contribution in [0.15, 0.2) is 23.2 Å². The minimum Gasteiger partial charge on any atom is -0.378 e. The predicted octanol–water partition coefficient (Wildman–Crippen LogP) is 2.80. The third-order valence-electron chi connectivity index (χ3n) is 4.24. The Kier molecular flexibility index (Phi) is 11.3. The molecule has 0 bridgehead atoms. The Morgan fingerprint density at radius 1 is 1.33 bits per heavy atom. The highest BCUT2D eigenvalue weighted by atomic mass is 127. The predicted molar refractivity (Wildman–Crippen MR) is 120 cm³/mol. The first kappa shape index (κ1) is 23.6. The number of aryl methyl sites for hydroxylation is 1. The minimum absolute atomic E-state index is 0. The fourth-order valence-electron chi connectivity index (χ4n) is 2.98. The highest BCUT2D eigenvalue weighted by molar-refractivity contribution is 14.0. The molecule has 1 aliphatic heterocycles. The second-order valence-corrected chi connectivity index (χ2v) is 6.34. The van der Waals surface area contributed by atoms with E-state index >= 15 is 0 Å². The van der Waals surface area contributed by atoms with Gasteiger partial charge in [-0.3, -0.25) is 9.79 Å². The standard InChI is InChI=1S/C19H31N5O2.HI/c1-4-20-19(24-13-10-16(11-14-24)26-5-2)21-12-9-18(25)23-17-8-6-7-15(3)22-17;/h6-8,16H,4-5,9-14H2,1-3H3,(H,20,21)(H,22,23,25);1H. The number of carbonyl (C=O) groups is 1. The number of anilines is 1. The first-order valence-corrected chi connectivity index (χ1v) is 9.50. The molecule has 2 rings (SSSR count). The average Bonchev–Trinajstić information content (AvgIpc) is 2.62. The van der Waals surface area contributed by atoms with Crippen molar-refractivity contribution >= 4 is 41.7 Å². The lowest BCUT2D eigenvalue weighted by molar-refractivity contribution is -0.116. The van der Waals surface area contributed by atoms with Crippen LogP contribution >= 0.6 is 24.0 Å². The van der Waals surface area contributed by atoms with Crippen LogP contribution in [0.3, 0.4) is 0 Å². The molecular weight excluding hydrogens is 457 g/mol. The number of pyridine rings is 1. The molecule has 1 amide bonds. The van der Waals surface area contributed by atoms with Crippen LogP contribution in [-0.2, 0) is 9.53 Å². The van der Waals surface area contributed by atoms with Crippen molar-refractivity contribution in [1.29, 1.82) is 0 Å². The molecule has 1 aliphatic rings. The van der Waals surface area contributed by atoms with E-state index < -0.39 is 0 Å². The van der Waals surface area contributed by atoms with Crippen molar-refractivity contribution in [2.24, 2.45) is 4.99 Å². The molecular formula is C19H32IN5O2. The number of hydrogen-bond donors (Lipinski definition) is 2. The molecule has 1 aromatic rings. The molecule has 8 heteroatoms. The summed E-state index contributed by atoms with van der Waals surface area (Å²) >= 11 is 0. The van der Waals surface area contributed by atoms with E-state index in [1.807, 2.05) is 26.0 Å². The smallest absolute Gasteiger partial charge is 0.227 e. The van der Waals surface area contributed by atoms with Crippen LogP contribution in [0, 0.1) is 6.92 Å². The lowest BCUT2D eigenvalue weighted by Crippen LogP contribution is -2.47. The third-order valence-corrected chi connectivity index (χ3v) is 4.24. The molecule has 2 N–H and O–H groups in total. The topological polar surface area (TPSA) is 78.8 Å². The lowest BCUT2D eigenvalue weighted by atomic mass is 10.1. The lowest BCUT2D eigenvalue weighted by Gasteiger charge is -2.34. The van der Waals surface area contributed by atoms with Crippen molar-refractivity contribution in [2.75, 3.05) is 38.1 Å². The van der Waals surface area contributed by atoms with Crippen molar-refractivity contribution in [1.82, 2.24) is 15.2 Å². The van der Waals surface area contributed by atoms with E-state index in [0.717, 1.165) is 50.7 Å². The molecule has 152 valence electrons. The molecule has 1 aromatic heterocycles. The zero-order chi connectivity index (χ0) is 18.8. The van der Waals surface area contributed by atoms with Gasteiger partial charge in [0, 0.05) is 38.4 Å². The van der Waals surface area contributed by atoms with Crippen molar-refractivity contribution in [3.8, 4) is 0 Å². The molecule has 0 aromatic carbocycles. The van der Waals surface area contributed by atoms with E-state index in [1.165, 1.54) is 0 Å². The SMILES string of the molecule is CCNC(=NCCC(=O)Nc1cccc(C)n1)N1CCC(OCC)CC1.I. The maximum atomic E-state index is 12.1. The number of rotatable bonds is 7. The monoisotopic (exact) mass is 489 g/mol. The van der Waals surface area contributed by atoms with E-state index in [2.05, 4.69) is 32.4 Å². The number of aromatic nitrogens is 1. The molecule has 2 heterocycles. The van der Waals surface area contributed by atoms with Crippen LogP contribution in [0.25, 0.3) is 0 Å². The van der Waals surface area contributed by atoms with E-state index in [9.17, 15) is 4.79 Å². The number of hydrogen-bond acceptors (Lipinski definition) is 4. The molecule has 0 aliphatic carbocycles. The summed E-state index contributed by atoms with van der Waals surface area (Å²) < 4.78 is 5.70. The number of halogens is 1. The Morgan fingerprint density at radius 2 is 2.07 bits per heavy atom. The Morgan fingerprint density at radius 3 is 2.70 bits per heavy atom. The van der Waals surface area contributed by atoms with Crippen molar-refractivity contribution < 1.29 is 9.53 Å². The minimum atomic E-state index is -0.0715. The number of guanidine groups is 1. The van der Waals surface area contributed by atoms with Crippen LogP contribution in [-0.4, -0.2) is 60.6 Å². The van der Waals surface area contributed by atoms with Crippen LogP contribution in [0.5, 0.6) is 0 Å². The second-order valence-electron chi connectivity index (χ2n) is 6.34. The Balaban J connectivity index is 0.00000364. The van der Waals surface area contributed by atoms with Gasteiger partial charge in [-0.1, -0.05) is 6.07 Å². The summed E-state index contributed by atoms with van der Waals surface area (Å²) in [6.45, 7) is 9.87. The summed E-state index contributed by atoms with van der Waals surface area (Å²) in [7, 11) is 0. The van der Waals surface area contributed by atoms with Gasteiger partial charge in [-0.15, -0.1) is 24.0 Å². The summed E-state index contributed by atoms with van der Waals surface area (Å²) in [6, 6.07) is 5.57. The number of ether oxygens (including phenoxy) is 1. The maximum absolute atomic E-state index is 12.1. The van der Waals surface area contributed by atoms with E-state index in [-0.39, 0.29) is 29.9 Å². The number of nitrogens with zero attached hydrogens (tertiary/aromatic N) is 3. The average molecular weight is 489 g/mol. The van der Waals surface area contributed by atoms with Crippen molar-refractivity contribution in [3.05, 3.63) is 23.9 Å². The van der Waals surface area contributed by atoms with Gasteiger partial charge in [0.25, 0.3) is 0 Å². The van der Waals surface area contributed by atoms with Gasteiger partial charge >= 0.3 is 0 Å². The quantitative estimate of drug-likeness (QED) is 0.350. The fourth-order valence-corrected chi connectivity index (χ4v) is 2.98. The van der Waals surface area contributed by atoms with Crippen molar-refractivity contribution in [3.63, 3.8) is 0 Å². The second kappa shape index (κ2) is 12.9. The highest BCUT2D eigenvalue weighted by Crippen LogP contribution is 2.13. The van der Waals surface area contributed by atoms with Crippen LogP contribution in [0.4, 0.5) is 5.82 Å². The number of piperidine rings is 1. The number of likely N-dealkylation sites (tertiary alicyclic amines) is 1. The number of nitrogens with one attached hydrogen (secondary N) is 2. The van der Waals surface area contributed by atoms with E-state index in [4.69, 9.17) is 4.74 Å². The Bertz CT molecular complexity index is 604. The van der Waals surface area contributed by atoms with Gasteiger partial charge in [-0.25, -0.2) is 4.98 Å². The van der Waals surface area contributed by atoms with Crippen LogP contribution in [0.1, 0.15) is 38.8 Å². The first-order chi connectivity index (χ1) is 12.6. The van der Waals surface area contributed by atoms with Crippen molar-refractivity contribution in [2.45, 2.75) is 46.1 Å². The molecule has 1 saturated heterocycles. The maximum Gasteiger partial charge on any atom is 0.227 e. The molecule has 0 atom stereocenters. The van der Waals surface area contributed by atoms with Crippen LogP contribution < -0.4 is 10.6 Å². The summed E-state index contributed by atoms with van der Waals surface area (Å²) in [5.74, 6) is 1.39. The molecule has 0 unspecified atom stereocenters. The largest absolute Gasteiger partial charge is 0.378 e. The number of amides is 1. The van der Waals surface area contributed by atoms with E-state index in [0.29, 0.717) is 24.9 Å². The molecule has 1 fully saturated rings. The van der Waals surface area contributed by atoms with Gasteiger partial charge in [-0.2, -0.15) is 0 Å². The summed E-state index contributed by atoms with van der Waals surface area (Å²) in [5, 5.41) is 6.14. The number of carbonyl (C=O) groups excluding carboxylic acids is 1. The molecule has 0 saturated carbocycles. The number of aliphatic imine (C=N–C) groups is 1. The first-order valence-electron chi connectivity index (χ1n) is 9.50. The zero-order valence-corrected chi connectivity index (χ0v) is 18.9. The van der Waals surface area contributed by atoms with E-state index in [1.54, 1.807) is 6.07 Å². The Labute approximate surface area is 179 Å². The van der Waals surface area contributed by atoms with Gasteiger partial charge in [0.1, 0.15) is 5.82 Å². The zero-order valence-electron chi connectivity index (χ0n) is 16.5. The molecule has 0 spiro atoms. The normalized spacial score (nSPS) is 15.2. The van der Waals surface area contributed by atoms with Crippen LogP contribution in [0.2, 0.25) is 0 Å². The van der Waals surface area contributed by atoms with Gasteiger partial charge < -0.3 is 20.3 Å². The van der Waals surface area contributed by atoms with Gasteiger partial charge in [0.15, 0.2) is 5.96 Å². The highest BCUT2D eigenvalue weighted by Gasteiger charge is 2.21. The summed E-state index contributed by atoms with van der Waals surface area (Å²) in [5.41, 5.74) is 0.880. The van der Waals surface area contributed by atoms with Gasteiger partial charge in [0.05, 0.1) is 12.6 Å². The van der Waals surface area contributed by atoms with Gasteiger partial charge in [-0.05, 0) is 45.7 Å². The summed E-state index contributed by atoms with van der Waals surface area (Å²) in [6.07, 6.45) is 2.71. The summed E-state index contributed by atoms with van der Waals surface area (Å²) in [4.78, 5) is 23.2.